The first-order valence-electron chi connectivity index (χ1n) is 6.76. The Labute approximate surface area is 129 Å². The van der Waals surface area contributed by atoms with Crippen LogP contribution in [0.15, 0.2) is 30.3 Å². The topological polar surface area (TPSA) is 80.5 Å². The predicted molar refractivity (Wildman–Crippen MR) is 85.8 cm³/mol. The normalized spacial score (nSPS) is 21.0. The number of nitrogens with two attached hydrogens (primary N) is 1. The first-order chi connectivity index (χ1) is 9.89. The molecule has 0 spiro atoms. The molecule has 0 bridgehead atoms. The highest BCUT2D eigenvalue weighted by molar-refractivity contribution is 8.00. The van der Waals surface area contributed by atoms with Crippen LogP contribution in [0.1, 0.15) is 5.56 Å². The number of sulfone groups is 1. The number of carbonyl (C=O) groups excluding carboxylic acids is 1. The third kappa shape index (κ3) is 4.21. The van der Waals surface area contributed by atoms with E-state index < -0.39 is 21.3 Å². The Hall–Kier alpha value is -1.05. The zero-order valence-corrected chi connectivity index (χ0v) is 13.6. The van der Waals surface area contributed by atoms with Crippen molar-refractivity contribution in [3.05, 3.63) is 35.9 Å². The van der Waals surface area contributed by atoms with Gasteiger partial charge in [0.1, 0.15) is 5.37 Å². The van der Waals surface area contributed by atoms with Crippen molar-refractivity contribution in [3.8, 4) is 0 Å². The monoisotopic (exact) mass is 328 g/mol. The zero-order chi connectivity index (χ0) is 15.5. The van der Waals surface area contributed by atoms with Gasteiger partial charge in [-0.3, -0.25) is 4.79 Å². The van der Waals surface area contributed by atoms with Crippen LogP contribution in [0.3, 0.4) is 0 Å². The molecule has 1 fully saturated rings. The maximum absolute atomic E-state index is 12.5. The number of carbonyl (C=O) groups is 1. The Kier molecular flexibility index (Phi) is 5.29. The Balaban J connectivity index is 2.10. The lowest BCUT2D eigenvalue weighted by Crippen LogP contribution is -2.55. The summed E-state index contributed by atoms with van der Waals surface area (Å²) in [6.07, 6.45) is 1.59. The summed E-state index contributed by atoms with van der Waals surface area (Å²) in [5.74, 6) is 0.882. The van der Waals surface area contributed by atoms with Gasteiger partial charge in [-0.25, -0.2) is 8.42 Å². The Morgan fingerprint density at radius 2 is 2.10 bits per heavy atom. The fourth-order valence-electron chi connectivity index (χ4n) is 2.36. The van der Waals surface area contributed by atoms with E-state index in [4.69, 9.17) is 5.73 Å². The second-order valence-corrected chi connectivity index (χ2v) is 8.54. The summed E-state index contributed by atoms with van der Waals surface area (Å²) in [6.45, 7) is 0.434. The van der Waals surface area contributed by atoms with Gasteiger partial charge >= 0.3 is 0 Å². The van der Waals surface area contributed by atoms with E-state index in [0.29, 0.717) is 18.7 Å². The number of thioether (sulfide) groups is 1. The molecule has 1 amide bonds. The number of hydrogen-bond donors (Lipinski definition) is 1. The summed E-state index contributed by atoms with van der Waals surface area (Å²) in [6, 6.07) is 8.80. The minimum absolute atomic E-state index is 0.283. The summed E-state index contributed by atoms with van der Waals surface area (Å²) < 4.78 is 23.7. The Morgan fingerprint density at radius 1 is 1.43 bits per heavy atom. The van der Waals surface area contributed by atoms with Gasteiger partial charge in [-0.2, -0.15) is 11.8 Å². The van der Waals surface area contributed by atoms with Gasteiger partial charge in [-0.15, -0.1) is 0 Å². The molecule has 5 nitrogen and oxygen atoms in total. The average Bonchev–Trinajstić information content (AvgIpc) is 2.46. The Morgan fingerprint density at radius 3 is 2.71 bits per heavy atom. The summed E-state index contributed by atoms with van der Waals surface area (Å²) in [4.78, 5) is 13.9. The summed E-state index contributed by atoms with van der Waals surface area (Å²) in [5, 5.41) is -0.759. The molecule has 2 rings (SSSR count). The van der Waals surface area contributed by atoms with Gasteiger partial charge in [-0.05, 0) is 12.0 Å². The van der Waals surface area contributed by atoms with E-state index in [-0.39, 0.29) is 5.91 Å². The van der Waals surface area contributed by atoms with E-state index in [1.54, 1.807) is 11.8 Å². The second kappa shape index (κ2) is 6.81. The van der Waals surface area contributed by atoms with Gasteiger partial charge in [0.25, 0.3) is 0 Å². The first-order valence-corrected chi connectivity index (χ1v) is 9.87. The molecular formula is C14H20N2O3S2. The highest BCUT2D eigenvalue weighted by atomic mass is 32.2. The molecule has 1 aliphatic rings. The maximum atomic E-state index is 12.5. The largest absolute Gasteiger partial charge is 0.323 e. The molecule has 1 aliphatic heterocycles. The number of nitrogens with zero attached hydrogens (tertiary/aromatic N) is 1. The molecule has 0 aromatic heterocycles. The minimum Gasteiger partial charge on any atom is -0.323 e. The van der Waals surface area contributed by atoms with E-state index in [1.807, 2.05) is 30.3 Å². The average molecular weight is 328 g/mol. The van der Waals surface area contributed by atoms with Crippen LogP contribution in [-0.2, 0) is 21.1 Å². The SMILES string of the molecule is CS(=O)(=O)C1CSCCN1C(=O)C(N)Cc1ccccc1. The van der Waals surface area contributed by atoms with Gasteiger partial charge in [-0.1, -0.05) is 30.3 Å². The van der Waals surface area contributed by atoms with E-state index in [0.717, 1.165) is 11.3 Å². The van der Waals surface area contributed by atoms with Gasteiger partial charge in [0.15, 0.2) is 9.84 Å². The van der Waals surface area contributed by atoms with Crippen LogP contribution < -0.4 is 5.73 Å². The lowest BCUT2D eigenvalue weighted by atomic mass is 10.1. The molecule has 1 heterocycles. The van der Waals surface area contributed by atoms with Crippen LogP contribution in [0.25, 0.3) is 0 Å². The molecule has 7 heteroatoms. The molecule has 0 radical (unpaired) electrons. The van der Waals surface area contributed by atoms with E-state index >= 15 is 0 Å². The summed E-state index contributed by atoms with van der Waals surface area (Å²) in [7, 11) is -3.30. The van der Waals surface area contributed by atoms with E-state index in [9.17, 15) is 13.2 Å². The van der Waals surface area contributed by atoms with Crippen LogP contribution in [0.5, 0.6) is 0 Å². The molecule has 0 aliphatic carbocycles. The van der Waals surface area contributed by atoms with E-state index in [1.165, 1.54) is 11.2 Å². The zero-order valence-electron chi connectivity index (χ0n) is 11.9. The van der Waals surface area contributed by atoms with Crippen LogP contribution in [0.2, 0.25) is 0 Å². The smallest absolute Gasteiger partial charge is 0.240 e. The molecular weight excluding hydrogens is 308 g/mol. The third-order valence-electron chi connectivity index (χ3n) is 3.48. The van der Waals surface area contributed by atoms with Crippen molar-refractivity contribution in [1.29, 1.82) is 0 Å². The van der Waals surface area contributed by atoms with Crippen molar-refractivity contribution < 1.29 is 13.2 Å². The van der Waals surface area contributed by atoms with Crippen molar-refractivity contribution >= 4 is 27.5 Å². The van der Waals surface area contributed by atoms with Gasteiger partial charge in [0.2, 0.25) is 5.91 Å². The third-order valence-corrected chi connectivity index (χ3v) is 6.12. The summed E-state index contributed by atoms with van der Waals surface area (Å²) >= 11 is 1.55. The van der Waals surface area contributed by atoms with Crippen LogP contribution in [0, 0.1) is 0 Å². The van der Waals surface area contributed by atoms with Crippen molar-refractivity contribution in [2.45, 2.75) is 17.8 Å². The standard InChI is InChI=1S/C14H20N2O3S2/c1-21(18,19)13-10-20-8-7-16(13)14(17)12(15)9-11-5-3-2-4-6-11/h2-6,12-13H,7-10,15H2,1H3. The molecule has 0 saturated carbocycles. The highest BCUT2D eigenvalue weighted by Gasteiger charge is 2.36. The fraction of sp³-hybridized carbons (Fsp3) is 0.500. The predicted octanol–water partition coefficient (Wildman–Crippen LogP) is 0.503. The fourth-order valence-corrected chi connectivity index (χ4v) is 5.18. The minimum atomic E-state index is -3.30. The molecule has 1 saturated heterocycles. The molecule has 2 unspecified atom stereocenters. The number of amides is 1. The van der Waals surface area contributed by atoms with Crippen LogP contribution >= 0.6 is 11.8 Å². The molecule has 2 N–H and O–H groups in total. The molecule has 1 aromatic rings. The highest BCUT2D eigenvalue weighted by Crippen LogP contribution is 2.21. The summed E-state index contributed by atoms with van der Waals surface area (Å²) in [5.41, 5.74) is 6.97. The molecule has 21 heavy (non-hydrogen) atoms. The lowest BCUT2D eigenvalue weighted by molar-refractivity contribution is -0.133. The quantitative estimate of drug-likeness (QED) is 0.871. The molecule has 116 valence electrons. The number of rotatable bonds is 4. The molecule has 1 aromatic carbocycles. The van der Waals surface area contributed by atoms with Crippen molar-refractivity contribution in [1.82, 2.24) is 4.90 Å². The van der Waals surface area contributed by atoms with Crippen LogP contribution in [0.4, 0.5) is 0 Å². The first kappa shape index (κ1) is 16.3. The van der Waals surface area contributed by atoms with Crippen molar-refractivity contribution in [3.63, 3.8) is 0 Å². The molecule has 2 atom stereocenters. The van der Waals surface area contributed by atoms with Crippen molar-refractivity contribution in [2.75, 3.05) is 24.3 Å². The second-order valence-electron chi connectivity index (χ2n) is 5.19. The Bertz CT molecular complexity index is 589. The van der Waals surface area contributed by atoms with E-state index in [2.05, 4.69) is 0 Å². The van der Waals surface area contributed by atoms with Gasteiger partial charge in [0.05, 0.1) is 6.04 Å². The maximum Gasteiger partial charge on any atom is 0.240 e. The number of hydrogen-bond acceptors (Lipinski definition) is 5. The van der Waals surface area contributed by atoms with Gasteiger partial charge < -0.3 is 10.6 Å². The van der Waals surface area contributed by atoms with Crippen LogP contribution in [-0.4, -0.2) is 54.9 Å². The number of benzene rings is 1. The van der Waals surface area contributed by atoms with Crippen molar-refractivity contribution in [2.24, 2.45) is 5.73 Å². The van der Waals surface area contributed by atoms with Gasteiger partial charge in [0, 0.05) is 24.3 Å². The lowest BCUT2D eigenvalue weighted by Gasteiger charge is -2.35.